The maximum absolute atomic E-state index is 11.6. The molecule has 1 aromatic heterocycles. The van der Waals surface area contributed by atoms with Crippen LogP contribution < -0.4 is 10.6 Å². The quantitative estimate of drug-likeness (QED) is 0.887. The van der Waals surface area contributed by atoms with Crippen LogP contribution in [0.2, 0.25) is 0 Å². The summed E-state index contributed by atoms with van der Waals surface area (Å²) in [5.74, 6) is -0.0533. The van der Waals surface area contributed by atoms with Crippen LogP contribution in [0.1, 0.15) is 17.5 Å². The fourth-order valence-corrected chi connectivity index (χ4v) is 2.66. The second kappa shape index (κ2) is 6.58. The molecule has 0 spiro atoms. The highest BCUT2D eigenvalue weighted by Gasteiger charge is 2.10. The molecule has 0 radical (unpaired) electrons. The van der Waals surface area contributed by atoms with Crippen LogP contribution in [-0.4, -0.2) is 29.7 Å². The lowest BCUT2D eigenvalue weighted by Gasteiger charge is -2.01. The highest BCUT2D eigenvalue weighted by atomic mass is 32.1. The Morgan fingerprint density at radius 2 is 1.90 bits per heavy atom. The number of nitrogens with zero attached hydrogens (tertiary/aromatic N) is 2. The second-order valence-electron chi connectivity index (χ2n) is 4.69. The summed E-state index contributed by atoms with van der Waals surface area (Å²) < 4.78 is 0. The van der Waals surface area contributed by atoms with Crippen molar-refractivity contribution in [2.45, 2.75) is 20.3 Å². The highest BCUT2D eigenvalue weighted by Crippen LogP contribution is 2.27. The van der Waals surface area contributed by atoms with Gasteiger partial charge in [0.25, 0.3) is 0 Å². The number of rotatable bonds is 5. The Hall–Kier alpha value is -1.79. The Kier molecular flexibility index (Phi) is 4.81. The molecule has 0 saturated carbocycles. The van der Waals surface area contributed by atoms with Gasteiger partial charge < -0.3 is 10.6 Å². The van der Waals surface area contributed by atoms with Gasteiger partial charge in [-0.05, 0) is 33.0 Å². The van der Waals surface area contributed by atoms with Gasteiger partial charge in [0.05, 0.1) is 0 Å². The molecule has 106 valence electrons. The van der Waals surface area contributed by atoms with Gasteiger partial charge in [0.1, 0.15) is 5.01 Å². The number of hydrogen-bond acceptors (Lipinski definition) is 5. The summed E-state index contributed by atoms with van der Waals surface area (Å²) in [5, 5.41) is 15.2. The molecular weight excluding hydrogens is 272 g/mol. The van der Waals surface area contributed by atoms with Crippen LogP contribution in [0, 0.1) is 13.8 Å². The SMILES string of the molecule is CNCCC(=O)Nc1nnc(-c2cc(C)cc(C)c2)s1. The predicted molar refractivity (Wildman–Crippen MR) is 82.0 cm³/mol. The number of carbonyl (C=O) groups excluding carboxylic acids is 1. The van der Waals surface area contributed by atoms with Crippen molar-refractivity contribution in [2.75, 3.05) is 18.9 Å². The molecule has 0 unspecified atom stereocenters. The molecule has 0 bridgehead atoms. The van der Waals surface area contributed by atoms with Crippen molar-refractivity contribution in [3.8, 4) is 10.6 Å². The van der Waals surface area contributed by atoms with E-state index in [1.807, 2.05) is 7.05 Å². The summed E-state index contributed by atoms with van der Waals surface area (Å²) in [6.07, 6.45) is 0.426. The molecule has 2 N–H and O–H groups in total. The van der Waals surface area contributed by atoms with Gasteiger partial charge in [0.2, 0.25) is 11.0 Å². The third-order valence-electron chi connectivity index (χ3n) is 2.74. The van der Waals surface area contributed by atoms with Crippen molar-refractivity contribution in [1.82, 2.24) is 15.5 Å². The van der Waals surface area contributed by atoms with Crippen molar-refractivity contribution in [3.63, 3.8) is 0 Å². The molecule has 2 rings (SSSR count). The predicted octanol–water partition coefficient (Wildman–Crippen LogP) is 2.37. The van der Waals surface area contributed by atoms with Crippen LogP contribution in [0.5, 0.6) is 0 Å². The zero-order valence-electron chi connectivity index (χ0n) is 11.9. The van der Waals surface area contributed by atoms with E-state index in [-0.39, 0.29) is 5.91 Å². The first-order valence-electron chi connectivity index (χ1n) is 6.45. The molecule has 0 atom stereocenters. The summed E-state index contributed by atoms with van der Waals surface area (Å²) in [5.41, 5.74) is 3.42. The van der Waals surface area contributed by atoms with Crippen LogP contribution in [0.25, 0.3) is 10.6 Å². The Labute approximate surface area is 122 Å². The highest BCUT2D eigenvalue weighted by molar-refractivity contribution is 7.18. The smallest absolute Gasteiger partial charge is 0.227 e. The van der Waals surface area contributed by atoms with Gasteiger partial charge >= 0.3 is 0 Å². The molecule has 1 amide bonds. The fraction of sp³-hybridized carbons (Fsp3) is 0.357. The zero-order chi connectivity index (χ0) is 14.5. The lowest BCUT2D eigenvalue weighted by Crippen LogP contribution is -2.18. The summed E-state index contributed by atoms with van der Waals surface area (Å²) in [6.45, 7) is 4.75. The number of benzene rings is 1. The van der Waals surface area contributed by atoms with Crippen molar-refractivity contribution in [2.24, 2.45) is 0 Å². The third-order valence-corrected chi connectivity index (χ3v) is 3.63. The van der Waals surface area contributed by atoms with Gasteiger partial charge in [-0.2, -0.15) is 0 Å². The number of carbonyl (C=O) groups is 1. The molecule has 0 fully saturated rings. The molecule has 0 aliphatic heterocycles. The summed E-state index contributed by atoms with van der Waals surface area (Å²) in [4.78, 5) is 11.6. The van der Waals surface area contributed by atoms with Crippen molar-refractivity contribution in [3.05, 3.63) is 29.3 Å². The molecule has 1 aromatic carbocycles. The minimum absolute atomic E-state index is 0.0533. The van der Waals surface area contributed by atoms with Gasteiger partial charge in [-0.15, -0.1) is 10.2 Å². The van der Waals surface area contributed by atoms with E-state index in [1.54, 1.807) is 0 Å². The van der Waals surface area contributed by atoms with Crippen LogP contribution in [0.4, 0.5) is 5.13 Å². The summed E-state index contributed by atoms with van der Waals surface area (Å²) in [6, 6.07) is 6.26. The molecule has 6 heteroatoms. The molecule has 0 saturated heterocycles. The monoisotopic (exact) mass is 290 g/mol. The van der Waals surface area contributed by atoms with E-state index in [0.29, 0.717) is 18.1 Å². The van der Waals surface area contributed by atoms with Crippen LogP contribution in [-0.2, 0) is 4.79 Å². The van der Waals surface area contributed by atoms with E-state index in [1.165, 1.54) is 22.5 Å². The van der Waals surface area contributed by atoms with Gasteiger partial charge in [0.15, 0.2) is 0 Å². The normalized spacial score (nSPS) is 10.6. The first-order chi connectivity index (χ1) is 9.58. The van der Waals surface area contributed by atoms with E-state index >= 15 is 0 Å². The molecular formula is C14H18N4OS. The number of aryl methyl sites for hydroxylation is 2. The Morgan fingerprint density at radius 3 is 2.55 bits per heavy atom. The van der Waals surface area contributed by atoms with Gasteiger partial charge in [0, 0.05) is 18.5 Å². The van der Waals surface area contributed by atoms with Crippen molar-refractivity contribution < 1.29 is 4.79 Å². The van der Waals surface area contributed by atoms with Gasteiger partial charge in [-0.1, -0.05) is 28.5 Å². The lowest BCUT2D eigenvalue weighted by atomic mass is 10.1. The van der Waals surface area contributed by atoms with Gasteiger partial charge in [-0.25, -0.2) is 0 Å². The first-order valence-corrected chi connectivity index (χ1v) is 7.27. The summed E-state index contributed by atoms with van der Waals surface area (Å²) in [7, 11) is 1.82. The van der Waals surface area contributed by atoms with Gasteiger partial charge in [-0.3, -0.25) is 4.79 Å². The number of nitrogens with one attached hydrogen (secondary N) is 2. The standard InChI is InChI=1S/C14H18N4OS/c1-9-6-10(2)8-11(7-9)13-17-18-14(20-13)16-12(19)4-5-15-3/h6-8,15H,4-5H2,1-3H3,(H,16,18,19). The van der Waals surface area contributed by atoms with Crippen LogP contribution in [0.3, 0.4) is 0 Å². The van der Waals surface area contributed by atoms with E-state index in [0.717, 1.165) is 10.6 Å². The third kappa shape index (κ3) is 3.85. The Morgan fingerprint density at radius 1 is 1.20 bits per heavy atom. The molecule has 1 heterocycles. The van der Waals surface area contributed by atoms with E-state index in [4.69, 9.17) is 0 Å². The number of hydrogen-bond donors (Lipinski definition) is 2. The van der Waals surface area contributed by atoms with E-state index in [2.05, 4.69) is 52.9 Å². The first kappa shape index (κ1) is 14.6. The molecule has 0 aliphatic rings. The Bertz CT molecular complexity index is 589. The molecule has 5 nitrogen and oxygen atoms in total. The van der Waals surface area contributed by atoms with Crippen molar-refractivity contribution >= 4 is 22.4 Å². The average Bonchev–Trinajstić information content (AvgIpc) is 2.83. The average molecular weight is 290 g/mol. The van der Waals surface area contributed by atoms with Crippen LogP contribution in [0.15, 0.2) is 18.2 Å². The minimum Gasteiger partial charge on any atom is -0.319 e. The molecule has 2 aromatic rings. The van der Waals surface area contributed by atoms with E-state index in [9.17, 15) is 4.79 Å². The zero-order valence-corrected chi connectivity index (χ0v) is 12.7. The Balaban J connectivity index is 2.10. The van der Waals surface area contributed by atoms with Crippen LogP contribution >= 0.6 is 11.3 Å². The fourth-order valence-electron chi connectivity index (χ4n) is 1.91. The van der Waals surface area contributed by atoms with E-state index < -0.39 is 0 Å². The maximum Gasteiger partial charge on any atom is 0.227 e. The number of anilines is 1. The number of amides is 1. The second-order valence-corrected chi connectivity index (χ2v) is 5.67. The largest absolute Gasteiger partial charge is 0.319 e. The molecule has 20 heavy (non-hydrogen) atoms. The number of aromatic nitrogens is 2. The van der Waals surface area contributed by atoms with Crippen molar-refractivity contribution in [1.29, 1.82) is 0 Å². The lowest BCUT2D eigenvalue weighted by molar-refractivity contribution is -0.116. The topological polar surface area (TPSA) is 66.9 Å². The minimum atomic E-state index is -0.0533. The molecule has 0 aliphatic carbocycles. The summed E-state index contributed by atoms with van der Waals surface area (Å²) >= 11 is 1.39. The maximum atomic E-state index is 11.6.